The van der Waals surface area contributed by atoms with Gasteiger partial charge in [-0.3, -0.25) is 4.99 Å². The monoisotopic (exact) mass is 483 g/mol. The molecule has 0 bridgehead atoms. The van der Waals surface area contributed by atoms with Crippen LogP contribution in [0.2, 0.25) is 0 Å². The molecule has 0 saturated carbocycles. The average Bonchev–Trinajstić information content (AvgIpc) is 3.34. The van der Waals surface area contributed by atoms with Crippen LogP contribution in [0, 0.1) is 5.92 Å². The fourth-order valence-electron chi connectivity index (χ4n) is 3.40. The van der Waals surface area contributed by atoms with Gasteiger partial charge in [-0.1, -0.05) is 30.3 Å². The predicted octanol–water partition coefficient (Wildman–Crippen LogP) is 3.60. The Labute approximate surface area is 179 Å². The Balaban J connectivity index is 0.00000261. The van der Waals surface area contributed by atoms with Crippen molar-refractivity contribution in [3.05, 3.63) is 60.1 Å². The van der Waals surface area contributed by atoms with Crippen molar-refractivity contribution in [2.24, 2.45) is 10.9 Å². The molecule has 1 N–H and O–H groups in total. The van der Waals surface area contributed by atoms with Gasteiger partial charge in [-0.15, -0.1) is 24.0 Å². The van der Waals surface area contributed by atoms with E-state index in [4.69, 9.17) is 14.1 Å². The van der Waals surface area contributed by atoms with E-state index in [1.807, 2.05) is 12.1 Å². The molecule has 1 aromatic heterocycles. The van der Waals surface area contributed by atoms with Crippen molar-refractivity contribution in [1.29, 1.82) is 0 Å². The third-order valence-corrected chi connectivity index (χ3v) is 4.74. The van der Waals surface area contributed by atoms with Crippen molar-refractivity contribution in [1.82, 2.24) is 10.2 Å². The second kappa shape index (κ2) is 12.0. The average molecular weight is 483 g/mol. The number of benzene rings is 1. The summed E-state index contributed by atoms with van der Waals surface area (Å²) < 4.78 is 10.6. The molecule has 1 aromatic carbocycles. The highest BCUT2D eigenvalue weighted by molar-refractivity contribution is 14.0. The first-order valence-electron chi connectivity index (χ1n) is 9.43. The first-order valence-corrected chi connectivity index (χ1v) is 9.43. The molecule has 27 heavy (non-hydrogen) atoms. The highest BCUT2D eigenvalue weighted by Gasteiger charge is 2.25. The highest BCUT2D eigenvalue weighted by atomic mass is 127. The fraction of sp³-hybridized carbons (Fsp3) is 0.476. The van der Waals surface area contributed by atoms with Crippen LogP contribution in [-0.2, 0) is 17.6 Å². The van der Waals surface area contributed by atoms with Gasteiger partial charge in [0, 0.05) is 33.2 Å². The van der Waals surface area contributed by atoms with Crippen LogP contribution in [-0.4, -0.2) is 50.8 Å². The molecule has 148 valence electrons. The van der Waals surface area contributed by atoms with Gasteiger partial charge in [-0.05, 0) is 36.5 Å². The summed E-state index contributed by atoms with van der Waals surface area (Å²) >= 11 is 0. The summed E-state index contributed by atoms with van der Waals surface area (Å²) in [6.07, 6.45) is 4.92. The van der Waals surface area contributed by atoms with Crippen LogP contribution in [0.3, 0.4) is 0 Å². The van der Waals surface area contributed by atoms with Crippen molar-refractivity contribution in [2.45, 2.75) is 19.3 Å². The van der Waals surface area contributed by atoms with Gasteiger partial charge in [0.25, 0.3) is 0 Å². The van der Waals surface area contributed by atoms with E-state index in [0.717, 1.165) is 44.2 Å². The maximum Gasteiger partial charge on any atom is 0.194 e. The van der Waals surface area contributed by atoms with Crippen LogP contribution in [0.15, 0.2) is 58.1 Å². The smallest absolute Gasteiger partial charge is 0.194 e. The molecule has 1 saturated heterocycles. The minimum absolute atomic E-state index is 0. The third kappa shape index (κ3) is 7.18. The van der Waals surface area contributed by atoms with Gasteiger partial charge >= 0.3 is 0 Å². The number of methoxy groups -OCH3 is 1. The topological polar surface area (TPSA) is 50.0 Å². The Kier molecular flexibility index (Phi) is 9.69. The van der Waals surface area contributed by atoms with Gasteiger partial charge in [0.1, 0.15) is 5.76 Å². The van der Waals surface area contributed by atoms with E-state index in [1.54, 1.807) is 13.4 Å². The lowest BCUT2D eigenvalue weighted by molar-refractivity contribution is 0.207. The van der Waals surface area contributed by atoms with Crippen LogP contribution >= 0.6 is 24.0 Å². The zero-order valence-electron chi connectivity index (χ0n) is 16.0. The van der Waals surface area contributed by atoms with Crippen LogP contribution in [0.1, 0.15) is 17.7 Å². The second-order valence-electron chi connectivity index (χ2n) is 6.74. The number of nitrogens with one attached hydrogen (secondary N) is 1. The number of nitrogens with zero attached hydrogens (tertiary/aromatic N) is 2. The molecule has 1 unspecified atom stereocenters. The number of hydrogen-bond acceptors (Lipinski definition) is 3. The van der Waals surface area contributed by atoms with Crippen molar-refractivity contribution < 1.29 is 9.15 Å². The molecule has 0 spiro atoms. The van der Waals surface area contributed by atoms with E-state index in [2.05, 4.69) is 40.5 Å². The molecule has 1 aliphatic heterocycles. The van der Waals surface area contributed by atoms with Gasteiger partial charge in [0.15, 0.2) is 5.96 Å². The number of likely N-dealkylation sites (tertiary alicyclic amines) is 1. The van der Waals surface area contributed by atoms with Crippen molar-refractivity contribution in [3.63, 3.8) is 0 Å². The van der Waals surface area contributed by atoms with E-state index in [0.29, 0.717) is 19.1 Å². The normalized spacial score (nSPS) is 17.0. The Morgan fingerprint density at radius 3 is 2.85 bits per heavy atom. The van der Waals surface area contributed by atoms with Gasteiger partial charge in [0.2, 0.25) is 0 Å². The minimum atomic E-state index is 0. The number of guanidine groups is 1. The Morgan fingerprint density at radius 1 is 1.26 bits per heavy atom. The van der Waals surface area contributed by atoms with E-state index in [9.17, 15) is 0 Å². The minimum Gasteiger partial charge on any atom is -0.469 e. The molecule has 2 heterocycles. The zero-order chi connectivity index (χ0) is 18.0. The molecule has 0 amide bonds. The summed E-state index contributed by atoms with van der Waals surface area (Å²) in [5.74, 6) is 2.66. The molecule has 1 atom stereocenters. The number of ether oxygens (including phenoxy) is 1. The Morgan fingerprint density at radius 2 is 2.11 bits per heavy atom. The van der Waals surface area contributed by atoms with Gasteiger partial charge in [0.05, 0.1) is 19.4 Å². The van der Waals surface area contributed by atoms with Crippen molar-refractivity contribution in [2.75, 3.05) is 39.9 Å². The molecular weight excluding hydrogens is 453 g/mol. The number of halogens is 1. The van der Waals surface area contributed by atoms with E-state index >= 15 is 0 Å². The fourth-order valence-corrected chi connectivity index (χ4v) is 3.40. The third-order valence-electron chi connectivity index (χ3n) is 4.74. The number of hydrogen-bond donors (Lipinski definition) is 1. The van der Waals surface area contributed by atoms with Crippen molar-refractivity contribution >= 4 is 29.9 Å². The molecular formula is C21H30IN3O2. The SMILES string of the molecule is COCCN=C(NCCc1ccco1)N1CCC(Cc2ccccc2)C1.I. The number of aliphatic imine (C=N–C) groups is 1. The van der Waals surface area contributed by atoms with Crippen LogP contribution in [0.4, 0.5) is 0 Å². The summed E-state index contributed by atoms with van der Waals surface area (Å²) in [6, 6.07) is 14.7. The van der Waals surface area contributed by atoms with Gasteiger partial charge < -0.3 is 19.4 Å². The maximum absolute atomic E-state index is 5.41. The van der Waals surface area contributed by atoms with Gasteiger partial charge in [-0.2, -0.15) is 0 Å². The van der Waals surface area contributed by atoms with E-state index in [-0.39, 0.29) is 24.0 Å². The molecule has 1 fully saturated rings. The highest BCUT2D eigenvalue weighted by Crippen LogP contribution is 2.21. The molecule has 3 rings (SSSR count). The molecule has 0 aliphatic carbocycles. The zero-order valence-corrected chi connectivity index (χ0v) is 18.3. The van der Waals surface area contributed by atoms with Crippen LogP contribution < -0.4 is 5.32 Å². The summed E-state index contributed by atoms with van der Waals surface area (Å²) in [4.78, 5) is 7.11. The quantitative estimate of drug-likeness (QED) is 0.270. The lowest BCUT2D eigenvalue weighted by atomic mass is 9.99. The number of rotatable bonds is 8. The van der Waals surface area contributed by atoms with Gasteiger partial charge in [-0.25, -0.2) is 0 Å². The first-order chi connectivity index (χ1) is 12.8. The lowest BCUT2D eigenvalue weighted by Gasteiger charge is -2.22. The summed E-state index contributed by atoms with van der Waals surface area (Å²) in [5, 5.41) is 3.50. The largest absolute Gasteiger partial charge is 0.469 e. The maximum atomic E-state index is 5.41. The summed E-state index contributed by atoms with van der Waals surface area (Å²) in [5.41, 5.74) is 1.42. The molecule has 0 radical (unpaired) electrons. The van der Waals surface area contributed by atoms with Crippen LogP contribution in [0.5, 0.6) is 0 Å². The summed E-state index contributed by atoms with van der Waals surface area (Å²) in [6.45, 7) is 4.24. The number of furan rings is 1. The van der Waals surface area contributed by atoms with Crippen molar-refractivity contribution in [3.8, 4) is 0 Å². The summed E-state index contributed by atoms with van der Waals surface area (Å²) in [7, 11) is 1.71. The second-order valence-corrected chi connectivity index (χ2v) is 6.74. The molecule has 5 nitrogen and oxygen atoms in total. The lowest BCUT2D eigenvalue weighted by Crippen LogP contribution is -2.41. The van der Waals surface area contributed by atoms with Crippen LogP contribution in [0.25, 0.3) is 0 Å². The molecule has 6 heteroatoms. The molecule has 1 aliphatic rings. The van der Waals surface area contributed by atoms with E-state index < -0.39 is 0 Å². The first kappa shape index (κ1) is 21.8. The Hall–Kier alpha value is -1.54. The predicted molar refractivity (Wildman–Crippen MR) is 120 cm³/mol. The van der Waals surface area contributed by atoms with E-state index in [1.165, 1.54) is 12.0 Å². The standard InChI is InChI=1S/C21H29N3O2.HI/c1-25-15-12-23-21(22-11-9-20-8-5-14-26-20)24-13-10-19(17-24)16-18-6-3-2-4-7-18;/h2-8,14,19H,9-13,15-17H2,1H3,(H,22,23);1H. The molecule has 2 aromatic rings. The Bertz CT molecular complexity index is 661.